The Morgan fingerprint density at radius 3 is 2.80 bits per heavy atom. The maximum atomic E-state index is 12.4. The van der Waals surface area contributed by atoms with Gasteiger partial charge in [-0.15, -0.1) is 0 Å². The number of hydrogen-bond acceptors (Lipinski definition) is 5. The summed E-state index contributed by atoms with van der Waals surface area (Å²) in [7, 11) is -3.92. The predicted octanol–water partition coefficient (Wildman–Crippen LogP) is -1.15. The van der Waals surface area contributed by atoms with Crippen LogP contribution < -0.4 is 11.2 Å². The van der Waals surface area contributed by atoms with Crippen LogP contribution in [0.15, 0.2) is 20.7 Å². The maximum absolute atomic E-state index is 12.4. The standard InChI is InChI=1S/C11H17N3O5S/c15-5-3-8-2-1-4-14(7-8)20(18,19)9-6-12-11(17)13-10(9)16/h6,8,15H,1-5,7H2,(H2,12,13,16,17). The number of nitrogens with zero attached hydrogens (tertiary/aromatic N) is 1. The largest absolute Gasteiger partial charge is 0.396 e. The second-order valence-corrected chi connectivity index (χ2v) is 6.73. The van der Waals surface area contributed by atoms with Crippen molar-refractivity contribution in [2.75, 3.05) is 19.7 Å². The van der Waals surface area contributed by atoms with Crippen LogP contribution in [0.1, 0.15) is 19.3 Å². The first-order valence-corrected chi connectivity index (χ1v) is 7.82. The first-order chi connectivity index (χ1) is 9.45. The Hall–Kier alpha value is -1.45. The number of sulfonamides is 1. The Morgan fingerprint density at radius 1 is 1.40 bits per heavy atom. The van der Waals surface area contributed by atoms with Gasteiger partial charge in [-0.2, -0.15) is 4.31 Å². The van der Waals surface area contributed by atoms with Crippen LogP contribution in [0.2, 0.25) is 0 Å². The summed E-state index contributed by atoms with van der Waals surface area (Å²) in [5, 5.41) is 8.94. The summed E-state index contributed by atoms with van der Waals surface area (Å²) in [5.41, 5.74) is -1.66. The van der Waals surface area contributed by atoms with Crippen molar-refractivity contribution in [1.82, 2.24) is 14.3 Å². The number of rotatable bonds is 4. The highest BCUT2D eigenvalue weighted by Crippen LogP contribution is 2.23. The molecule has 112 valence electrons. The maximum Gasteiger partial charge on any atom is 0.325 e. The zero-order chi connectivity index (χ0) is 14.8. The Morgan fingerprint density at radius 2 is 2.15 bits per heavy atom. The van der Waals surface area contributed by atoms with Crippen LogP contribution in [0.4, 0.5) is 0 Å². The molecule has 3 N–H and O–H groups in total. The number of aliphatic hydroxyl groups is 1. The number of aromatic amines is 2. The number of aromatic nitrogens is 2. The van der Waals surface area contributed by atoms with Crippen molar-refractivity contribution in [2.24, 2.45) is 5.92 Å². The Balaban J connectivity index is 2.30. The normalized spacial score (nSPS) is 20.9. The van der Waals surface area contributed by atoms with E-state index in [0.29, 0.717) is 19.4 Å². The van der Waals surface area contributed by atoms with Gasteiger partial charge in [-0.3, -0.25) is 9.78 Å². The van der Waals surface area contributed by atoms with E-state index in [2.05, 4.69) is 4.98 Å². The average Bonchev–Trinajstić information content (AvgIpc) is 2.39. The van der Waals surface area contributed by atoms with Crippen LogP contribution in [0.3, 0.4) is 0 Å². The van der Waals surface area contributed by atoms with Gasteiger partial charge in [-0.05, 0) is 25.2 Å². The third-order valence-electron chi connectivity index (χ3n) is 3.42. The quantitative estimate of drug-likeness (QED) is 0.648. The van der Waals surface area contributed by atoms with E-state index >= 15 is 0 Å². The van der Waals surface area contributed by atoms with E-state index in [0.717, 1.165) is 12.6 Å². The van der Waals surface area contributed by atoms with Crippen molar-refractivity contribution in [2.45, 2.75) is 24.2 Å². The van der Waals surface area contributed by atoms with E-state index in [1.807, 2.05) is 4.98 Å². The molecule has 0 amide bonds. The van der Waals surface area contributed by atoms with Crippen LogP contribution in [0.25, 0.3) is 0 Å². The van der Waals surface area contributed by atoms with Gasteiger partial charge in [-0.1, -0.05) is 0 Å². The fraction of sp³-hybridized carbons (Fsp3) is 0.636. The fourth-order valence-corrected chi connectivity index (χ4v) is 3.94. The molecule has 0 spiro atoms. The van der Waals surface area contributed by atoms with Crippen molar-refractivity contribution in [3.05, 3.63) is 27.0 Å². The molecule has 0 saturated carbocycles. The van der Waals surface area contributed by atoms with E-state index in [4.69, 9.17) is 5.11 Å². The lowest BCUT2D eigenvalue weighted by Gasteiger charge is -2.31. The fourth-order valence-electron chi connectivity index (χ4n) is 2.39. The SMILES string of the molecule is O=c1[nH]cc(S(=O)(=O)N2CCCC(CCO)C2)c(=O)[nH]1. The van der Waals surface area contributed by atoms with Gasteiger partial charge < -0.3 is 10.1 Å². The topological polar surface area (TPSA) is 123 Å². The van der Waals surface area contributed by atoms with Crippen LogP contribution in [-0.2, 0) is 10.0 Å². The number of piperidine rings is 1. The zero-order valence-electron chi connectivity index (χ0n) is 10.8. The van der Waals surface area contributed by atoms with Gasteiger partial charge in [0.25, 0.3) is 5.56 Å². The summed E-state index contributed by atoms with van der Waals surface area (Å²) < 4.78 is 26.0. The van der Waals surface area contributed by atoms with Crippen LogP contribution in [0, 0.1) is 5.92 Å². The number of H-pyrrole nitrogens is 2. The van der Waals surface area contributed by atoms with E-state index in [1.54, 1.807) is 0 Å². The molecule has 8 nitrogen and oxygen atoms in total. The first kappa shape index (κ1) is 14.9. The molecule has 20 heavy (non-hydrogen) atoms. The Labute approximate surface area is 115 Å². The molecule has 1 aromatic heterocycles. The van der Waals surface area contributed by atoms with E-state index in [9.17, 15) is 18.0 Å². The van der Waals surface area contributed by atoms with Crippen molar-refractivity contribution in [1.29, 1.82) is 0 Å². The molecule has 1 aromatic rings. The van der Waals surface area contributed by atoms with Gasteiger partial charge in [0, 0.05) is 25.9 Å². The summed E-state index contributed by atoms with van der Waals surface area (Å²) in [6.07, 6.45) is 3.00. The summed E-state index contributed by atoms with van der Waals surface area (Å²) in [4.78, 5) is 26.2. The minimum atomic E-state index is -3.92. The second kappa shape index (κ2) is 5.90. The smallest absolute Gasteiger partial charge is 0.325 e. The summed E-state index contributed by atoms with van der Waals surface area (Å²) in [6, 6.07) is 0. The highest BCUT2D eigenvalue weighted by Gasteiger charge is 2.31. The molecule has 2 heterocycles. The van der Waals surface area contributed by atoms with Gasteiger partial charge in [0.1, 0.15) is 0 Å². The molecule has 9 heteroatoms. The first-order valence-electron chi connectivity index (χ1n) is 6.38. The van der Waals surface area contributed by atoms with Gasteiger partial charge in [0.15, 0.2) is 4.90 Å². The van der Waals surface area contributed by atoms with Crippen molar-refractivity contribution in [3.8, 4) is 0 Å². The monoisotopic (exact) mass is 303 g/mol. The van der Waals surface area contributed by atoms with Gasteiger partial charge in [0.05, 0.1) is 0 Å². The highest BCUT2D eigenvalue weighted by molar-refractivity contribution is 7.89. The molecule has 1 unspecified atom stereocenters. The van der Waals surface area contributed by atoms with Crippen molar-refractivity contribution < 1.29 is 13.5 Å². The van der Waals surface area contributed by atoms with Crippen LogP contribution in [-0.4, -0.2) is 47.5 Å². The second-order valence-electron chi connectivity index (χ2n) is 4.82. The minimum absolute atomic E-state index is 0.0117. The van der Waals surface area contributed by atoms with Crippen molar-refractivity contribution >= 4 is 10.0 Å². The molecule has 0 bridgehead atoms. The molecular weight excluding hydrogens is 286 g/mol. The Bertz CT molecular complexity index is 676. The van der Waals surface area contributed by atoms with E-state index < -0.39 is 26.2 Å². The lowest BCUT2D eigenvalue weighted by Crippen LogP contribution is -2.42. The van der Waals surface area contributed by atoms with Gasteiger partial charge >= 0.3 is 5.69 Å². The van der Waals surface area contributed by atoms with E-state index in [1.165, 1.54) is 4.31 Å². The third-order valence-corrected chi connectivity index (χ3v) is 5.29. The molecular formula is C11H17N3O5S. The molecule has 0 radical (unpaired) electrons. The number of nitrogens with one attached hydrogen (secondary N) is 2. The Kier molecular flexibility index (Phi) is 4.41. The predicted molar refractivity (Wildman–Crippen MR) is 70.9 cm³/mol. The summed E-state index contributed by atoms with van der Waals surface area (Å²) in [5.74, 6) is 0.0883. The van der Waals surface area contributed by atoms with Gasteiger partial charge in [0.2, 0.25) is 10.0 Å². The van der Waals surface area contributed by atoms with Crippen molar-refractivity contribution in [3.63, 3.8) is 0 Å². The molecule has 1 atom stereocenters. The minimum Gasteiger partial charge on any atom is -0.396 e. The molecule has 0 aliphatic carbocycles. The van der Waals surface area contributed by atoms with Crippen LogP contribution >= 0.6 is 0 Å². The van der Waals surface area contributed by atoms with Gasteiger partial charge in [-0.25, -0.2) is 13.2 Å². The molecule has 2 rings (SSSR count). The molecule has 0 aromatic carbocycles. The lowest BCUT2D eigenvalue weighted by atomic mass is 9.97. The summed E-state index contributed by atoms with van der Waals surface area (Å²) in [6.45, 7) is 0.627. The van der Waals surface area contributed by atoms with E-state index in [-0.39, 0.29) is 19.1 Å². The zero-order valence-corrected chi connectivity index (χ0v) is 11.6. The van der Waals surface area contributed by atoms with Crippen LogP contribution in [0.5, 0.6) is 0 Å². The molecule has 1 aliphatic rings. The molecule has 1 fully saturated rings. The lowest BCUT2D eigenvalue weighted by molar-refractivity contribution is 0.202. The summed E-state index contributed by atoms with van der Waals surface area (Å²) >= 11 is 0. The highest BCUT2D eigenvalue weighted by atomic mass is 32.2. The molecule has 1 saturated heterocycles. The third kappa shape index (κ3) is 3.00. The number of hydrogen-bond donors (Lipinski definition) is 3. The average molecular weight is 303 g/mol. The molecule has 1 aliphatic heterocycles. The number of aliphatic hydroxyl groups excluding tert-OH is 1.